The Bertz CT molecular complexity index is 268. The first kappa shape index (κ1) is 21.2. The van der Waals surface area contributed by atoms with Crippen molar-refractivity contribution < 1.29 is 24.5 Å². The molecule has 6 nitrogen and oxygen atoms in total. The Balaban J connectivity index is 0. The Labute approximate surface area is 121 Å². The molecule has 2 N–H and O–H groups in total. The summed E-state index contributed by atoms with van der Waals surface area (Å²) < 4.78 is 4.57. The maximum Gasteiger partial charge on any atom is 0.334 e. The van der Waals surface area contributed by atoms with Crippen molar-refractivity contribution >= 4 is 11.9 Å². The molecule has 0 aromatic heterocycles. The molecule has 0 spiro atoms. The van der Waals surface area contributed by atoms with Gasteiger partial charge in [-0.15, -0.1) is 0 Å². The predicted molar refractivity (Wildman–Crippen MR) is 77.2 cm³/mol. The highest BCUT2D eigenvalue weighted by Crippen LogP contribution is 1.98. The number of amides is 1. The third-order valence-electron chi connectivity index (χ3n) is 2.41. The lowest BCUT2D eigenvalue weighted by Crippen LogP contribution is -2.33. The second-order valence-electron chi connectivity index (χ2n) is 4.59. The normalized spacial score (nSPS) is 12.8. The third-order valence-corrected chi connectivity index (χ3v) is 2.41. The number of aliphatic hydroxyl groups is 2. The zero-order valence-electron chi connectivity index (χ0n) is 13.3. The molecule has 120 valence electrons. The van der Waals surface area contributed by atoms with E-state index >= 15 is 0 Å². The molecule has 0 aliphatic rings. The average Bonchev–Trinajstić information content (AvgIpc) is 2.39. The number of hydrogen-bond acceptors (Lipinski definition) is 5. The molecule has 0 aromatic carbocycles. The summed E-state index contributed by atoms with van der Waals surface area (Å²) in [5.74, 6) is -0.716. The van der Waals surface area contributed by atoms with E-state index in [1.807, 2.05) is 13.8 Å². The van der Waals surface area contributed by atoms with Gasteiger partial charge in [0, 0.05) is 14.1 Å². The third kappa shape index (κ3) is 10.8. The summed E-state index contributed by atoms with van der Waals surface area (Å²) in [5.41, 5.74) is 0. The smallest absolute Gasteiger partial charge is 0.334 e. The summed E-state index contributed by atoms with van der Waals surface area (Å²) in [7, 11) is 3.28. The Morgan fingerprint density at radius 1 is 1.00 bits per heavy atom. The van der Waals surface area contributed by atoms with E-state index < -0.39 is 18.2 Å². The number of esters is 1. The van der Waals surface area contributed by atoms with Crippen LogP contribution in [0.2, 0.25) is 0 Å². The van der Waals surface area contributed by atoms with Gasteiger partial charge in [0.2, 0.25) is 0 Å². The molecule has 20 heavy (non-hydrogen) atoms. The number of nitrogens with zero attached hydrogens (tertiary/aromatic N) is 1. The fraction of sp³-hybridized carbons (Fsp3) is 0.857. The van der Waals surface area contributed by atoms with Crippen molar-refractivity contribution in [2.75, 3.05) is 20.7 Å². The van der Waals surface area contributed by atoms with E-state index in [4.69, 9.17) is 10.2 Å². The molecular weight excluding hydrogens is 262 g/mol. The summed E-state index contributed by atoms with van der Waals surface area (Å²) >= 11 is 0. The average molecular weight is 291 g/mol. The highest BCUT2D eigenvalue weighted by molar-refractivity contribution is 5.79. The molecule has 2 atom stereocenters. The van der Waals surface area contributed by atoms with E-state index in [1.54, 1.807) is 21.0 Å². The van der Waals surface area contributed by atoms with Gasteiger partial charge in [-0.2, -0.15) is 0 Å². The monoisotopic (exact) mass is 291 g/mol. The van der Waals surface area contributed by atoms with Crippen molar-refractivity contribution in [2.45, 2.75) is 58.7 Å². The SMILES string of the molecule is CCCC(O)C(=O)N(C)C.CCCC(O)C(=O)OCC. The summed E-state index contributed by atoms with van der Waals surface area (Å²) in [5, 5.41) is 18.1. The van der Waals surface area contributed by atoms with Gasteiger partial charge in [0.05, 0.1) is 6.61 Å². The number of likely N-dealkylation sites (N-methyl/N-ethyl adjacent to an activating group) is 1. The first-order valence-electron chi connectivity index (χ1n) is 7.05. The van der Waals surface area contributed by atoms with Gasteiger partial charge in [0.15, 0.2) is 6.10 Å². The van der Waals surface area contributed by atoms with Crippen LogP contribution in [0.5, 0.6) is 0 Å². The largest absolute Gasteiger partial charge is 0.464 e. The molecule has 0 aliphatic carbocycles. The van der Waals surface area contributed by atoms with Gasteiger partial charge >= 0.3 is 5.97 Å². The van der Waals surface area contributed by atoms with Crippen LogP contribution in [0.15, 0.2) is 0 Å². The zero-order valence-corrected chi connectivity index (χ0v) is 13.3. The van der Waals surface area contributed by atoms with Crippen LogP contribution in [-0.4, -0.2) is 59.9 Å². The Morgan fingerprint density at radius 2 is 1.45 bits per heavy atom. The van der Waals surface area contributed by atoms with Gasteiger partial charge in [0.25, 0.3) is 5.91 Å². The van der Waals surface area contributed by atoms with Gasteiger partial charge in [-0.05, 0) is 19.8 Å². The van der Waals surface area contributed by atoms with Crippen LogP contribution >= 0.6 is 0 Å². The van der Waals surface area contributed by atoms with E-state index in [9.17, 15) is 9.59 Å². The Kier molecular flexibility index (Phi) is 13.6. The fourth-order valence-electron chi connectivity index (χ4n) is 1.32. The molecule has 0 radical (unpaired) electrons. The van der Waals surface area contributed by atoms with Crippen LogP contribution in [-0.2, 0) is 14.3 Å². The second-order valence-corrected chi connectivity index (χ2v) is 4.59. The van der Waals surface area contributed by atoms with Crippen molar-refractivity contribution in [1.82, 2.24) is 4.90 Å². The molecule has 6 heteroatoms. The van der Waals surface area contributed by atoms with E-state index in [2.05, 4.69) is 4.74 Å². The molecule has 1 amide bonds. The van der Waals surface area contributed by atoms with Crippen molar-refractivity contribution in [1.29, 1.82) is 0 Å². The molecule has 0 aliphatic heterocycles. The van der Waals surface area contributed by atoms with E-state index in [-0.39, 0.29) is 5.91 Å². The molecule has 2 unspecified atom stereocenters. The van der Waals surface area contributed by atoms with E-state index in [0.29, 0.717) is 19.4 Å². The van der Waals surface area contributed by atoms with E-state index in [1.165, 1.54) is 4.90 Å². The molecule has 0 aromatic rings. The van der Waals surface area contributed by atoms with Crippen LogP contribution in [0.3, 0.4) is 0 Å². The number of hydrogen-bond donors (Lipinski definition) is 2. The minimum atomic E-state index is -0.926. The number of rotatable bonds is 7. The fourth-order valence-corrected chi connectivity index (χ4v) is 1.32. The minimum Gasteiger partial charge on any atom is -0.464 e. The van der Waals surface area contributed by atoms with Crippen molar-refractivity contribution in [2.24, 2.45) is 0 Å². The lowest BCUT2D eigenvalue weighted by molar-refractivity contribution is -0.153. The first-order valence-corrected chi connectivity index (χ1v) is 7.05. The summed E-state index contributed by atoms with van der Waals surface area (Å²) in [4.78, 5) is 23.0. The van der Waals surface area contributed by atoms with Gasteiger partial charge < -0.3 is 19.8 Å². The minimum absolute atomic E-state index is 0.207. The van der Waals surface area contributed by atoms with Crippen molar-refractivity contribution in [3.05, 3.63) is 0 Å². The van der Waals surface area contributed by atoms with Crippen LogP contribution in [0.4, 0.5) is 0 Å². The number of ether oxygens (including phenoxy) is 1. The van der Waals surface area contributed by atoms with Gasteiger partial charge in [-0.1, -0.05) is 26.7 Å². The Hall–Kier alpha value is -1.14. The zero-order chi connectivity index (χ0) is 16.1. The summed E-state index contributed by atoms with van der Waals surface area (Å²) in [6.07, 6.45) is 0.932. The molecule has 0 saturated heterocycles. The van der Waals surface area contributed by atoms with Gasteiger partial charge in [0.1, 0.15) is 6.10 Å². The summed E-state index contributed by atoms with van der Waals surface area (Å²) in [6.45, 7) is 5.89. The number of aliphatic hydroxyl groups excluding tert-OH is 2. The maximum absolute atomic E-state index is 10.9. The topological polar surface area (TPSA) is 87.1 Å². The molecule has 0 heterocycles. The molecule has 0 fully saturated rings. The quantitative estimate of drug-likeness (QED) is 0.682. The summed E-state index contributed by atoms with van der Waals surface area (Å²) in [6, 6.07) is 0. The number of carbonyl (C=O) groups is 2. The lowest BCUT2D eigenvalue weighted by Gasteiger charge is -2.14. The van der Waals surface area contributed by atoms with Crippen molar-refractivity contribution in [3.63, 3.8) is 0 Å². The lowest BCUT2D eigenvalue weighted by atomic mass is 10.2. The van der Waals surface area contributed by atoms with Gasteiger partial charge in [-0.3, -0.25) is 4.79 Å². The van der Waals surface area contributed by atoms with Crippen LogP contribution in [0.1, 0.15) is 46.5 Å². The second kappa shape index (κ2) is 12.9. The van der Waals surface area contributed by atoms with Crippen LogP contribution in [0, 0.1) is 0 Å². The maximum atomic E-state index is 10.9. The van der Waals surface area contributed by atoms with Crippen LogP contribution in [0.25, 0.3) is 0 Å². The van der Waals surface area contributed by atoms with E-state index in [0.717, 1.165) is 12.8 Å². The highest BCUT2D eigenvalue weighted by atomic mass is 16.5. The standard InChI is InChI=1S/C7H15NO2.C7H14O3/c1-4-5-6(9)7(10)8(2)3;1-3-5-6(8)7(9)10-4-2/h6,9H,4-5H2,1-3H3;6,8H,3-5H2,1-2H3. The number of carbonyl (C=O) groups excluding carboxylic acids is 2. The van der Waals surface area contributed by atoms with Gasteiger partial charge in [-0.25, -0.2) is 4.79 Å². The highest BCUT2D eigenvalue weighted by Gasteiger charge is 2.14. The molecular formula is C14H29NO5. The Morgan fingerprint density at radius 3 is 1.80 bits per heavy atom. The molecule has 0 bridgehead atoms. The molecule has 0 rings (SSSR count). The van der Waals surface area contributed by atoms with Crippen molar-refractivity contribution in [3.8, 4) is 0 Å². The van der Waals surface area contributed by atoms with Crippen LogP contribution < -0.4 is 0 Å². The predicted octanol–water partition coefficient (Wildman–Crippen LogP) is 0.946. The first-order chi connectivity index (χ1) is 9.31. The molecule has 0 saturated carbocycles.